The first-order chi connectivity index (χ1) is 14.0. The molecule has 1 aliphatic rings. The molecule has 0 bridgehead atoms. The van der Waals surface area contributed by atoms with Crippen LogP contribution in [0.3, 0.4) is 0 Å². The monoisotopic (exact) mass is 418 g/mol. The van der Waals surface area contributed by atoms with Crippen LogP contribution in [0.1, 0.15) is 42.1 Å². The number of benzene rings is 1. The van der Waals surface area contributed by atoms with Crippen molar-refractivity contribution < 1.29 is 19.0 Å². The molecule has 2 aromatic heterocycles. The fourth-order valence-corrected chi connectivity index (χ4v) is 5.03. The number of hydrogen-bond donors (Lipinski definition) is 1. The van der Waals surface area contributed by atoms with Crippen LogP contribution in [0.4, 0.5) is 4.39 Å². The van der Waals surface area contributed by atoms with Crippen LogP contribution in [-0.4, -0.2) is 50.3 Å². The van der Waals surface area contributed by atoms with E-state index < -0.39 is 6.04 Å². The average Bonchev–Trinajstić information content (AvgIpc) is 3.22. The number of aromatic nitrogens is 3. The van der Waals surface area contributed by atoms with E-state index >= 15 is 0 Å². The smallest absolute Gasteiger partial charge is 0.309 e. The molecular formula is C20H23FN4O3S. The minimum Gasteiger partial charge on any atom is -0.492 e. The summed E-state index contributed by atoms with van der Waals surface area (Å²) in [6, 6.07) is 6.11. The van der Waals surface area contributed by atoms with Crippen LogP contribution < -0.4 is 0 Å². The van der Waals surface area contributed by atoms with Crippen molar-refractivity contribution in [3.05, 3.63) is 46.3 Å². The molecule has 3 heterocycles. The Kier molecular flexibility index (Phi) is 5.51. The summed E-state index contributed by atoms with van der Waals surface area (Å²) < 4.78 is 21.3. The van der Waals surface area contributed by atoms with Crippen molar-refractivity contribution in [3.63, 3.8) is 0 Å². The van der Waals surface area contributed by atoms with E-state index in [1.807, 2.05) is 0 Å². The van der Waals surface area contributed by atoms with Crippen molar-refractivity contribution in [1.82, 2.24) is 19.5 Å². The van der Waals surface area contributed by atoms with Crippen molar-refractivity contribution in [1.29, 1.82) is 0 Å². The maximum absolute atomic E-state index is 14.7. The number of aryl methyl sites for hydroxylation is 1. The molecule has 1 N–H and O–H groups in total. The standard InChI is InChI=1S/C20H23FN4O3S/c1-3-28-19(27)13-8-10-24(11-9-13)16(14-6-4-5-7-15(14)21)17-18(26)25-20(29-17)22-12(2)23-25/h4-7,13,16,26H,3,8-11H2,1-2H3/t16-/m1/s1. The van der Waals surface area contributed by atoms with Gasteiger partial charge >= 0.3 is 5.97 Å². The van der Waals surface area contributed by atoms with E-state index in [-0.39, 0.29) is 23.6 Å². The summed E-state index contributed by atoms with van der Waals surface area (Å²) in [5.41, 5.74) is 0.485. The molecule has 4 rings (SSSR count). The van der Waals surface area contributed by atoms with E-state index in [0.29, 0.717) is 53.8 Å². The van der Waals surface area contributed by atoms with E-state index in [4.69, 9.17) is 4.74 Å². The predicted molar refractivity (Wildman–Crippen MR) is 106 cm³/mol. The van der Waals surface area contributed by atoms with Gasteiger partial charge in [-0.2, -0.15) is 4.52 Å². The van der Waals surface area contributed by atoms with Crippen molar-refractivity contribution in [3.8, 4) is 5.88 Å². The van der Waals surface area contributed by atoms with Crippen molar-refractivity contribution in [2.45, 2.75) is 32.7 Å². The zero-order valence-electron chi connectivity index (χ0n) is 16.3. The highest BCUT2D eigenvalue weighted by atomic mass is 32.1. The van der Waals surface area contributed by atoms with Gasteiger partial charge in [0.1, 0.15) is 11.6 Å². The SMILES string of the molecule is CCOC(=O)C1CCN([C@H](c2ccccc2F)c2sc3nc(C)nn3c2O)CC1. The van der Waals surface area contributed by atoms with Crippen molar-refractivity contribution in [2.24, 2.45) is 5.92 Å². The molecule has 1 fully saturated rings. The molecule has 3 aromatic rings. The minimum absolute atomic E-state index is 0.0219. The summed E-state index contributed by atoms with van der Waals surface area (Å²) in [5, 5.41) is 15.0. The van der Waals surface area contributed by atoms with E-state index in [1.165, 1.54) is 21.9 Å². The number of carbonyl (C=O) groups is 1. The highest BCUT2D eigenvalue weighted by molar-refractivity contribution is 7.17. The maximum Gasteiger partial charge on any atom is 0.309 e. The number of halogens is 1. The van der Waals surface area contributed by atoms with Gasteiger partial charge in [-0.25, -0.2) is 9.37 Å². The van der Waals surface area contributed by atoms with Gasteiger partial charge < -0.3 is 9.84 Å². The summed E-state index contributed by atoms with van der Waals surface area (Å²) >= 11 is 1.30. The first-order valence-electron chi connectivity index (χ1n) is 9.69. The predicted octanol–water partition coefficient (Wildman–Crippen LogP) is 3.31. The lowest BCUT2D eigenvalue weighted by Crippen LogP contribution is -2.39. The van der Waals surface area contributed by atoms with E-state index in [1.54, 1.807) is 32.0 Å². The fraction of sp³-hybridized carbons (Fsp3) is 0.450. The highest BCUT2D eigenvalue weighted by Crippen LogP contribution is 2.42. The minimum atomic E-state index is -0.479. The van der Waals surface area contributed by atoms with Gasteiger partial charge in [-0.05, 0) is 45.8 Å². The molecule has 154 valence electrons. The lowest BCUT2D eigenvalue weighted by Gasteiger charge is -2.36. The topological polar surface area (TPSA) is 80.0 Å². The molecule has 1 atom stereocenters. The molecule has 1 aromatic carbocycles. The molecule has 0 radical (unpaired) electrons. The summed E-state index contributed by atoms with van der Waals surface area (Å²) in [6.07, 6.45) is 1.26. The average molecular weight is 418 g/mol. The Balaban J connectivity index is 1.69. The molecule has 0 saturated carbocycles. The Bertz CT molecular complexity index is 1030. The number of nitrogens with zero attached hydrogens (tertiary/aromatic N) is 4. The third-order valence-corrected chi connectivity index (χ3v) is 6.34. The van der Waals surface area contributed by atoms with Gasteiger partial charge in [-0.15, -0.1) is 5.10 Å². The quantitative estimate of drug-likeness (QED) is 0.641. The first kappa shape index (κ1) is 19.8. The van der Waals surface area contributed by atoms with Crippen LogP contribution in [0.2, 0.25) is 0 Å². The van der Waals surface area contributed by atoms with Gasteiger partial charge in [0.25, 0.3) is 0 Å². The van der Waals surface area contributed by atoms with Gasteiger partial charge in [-0.1, -0.05) is 29.5 Å². The molecule has 0 unspecified atom stereocenters. The maximum atomic E-state index is 14.7. The number of hydrogen-bond acceptors (Lipinski definition) is 7. The molecule has 0 spiro atoms. The Labute approximate surface area is 171 Å². The van der Waals surface area contributed by atoms with Crippen LogP contribution in [0.5, 0.6) is 5.88 Å². The largest absolute Gasteiger partial charge is 0.492 e. The number of thiazole rings is 1. The lowest BCUT2D eigenvalue weighted by molar-refractivity contribution is -0.149. The third kappa shape index (κ3) is 3.72. The number of likely N-dealkylation sites (tertiary alicyclic amines) is 1. The summed E-state index contributed by atoms with van der Waals surface area (Å²) in [7, 11) is 0. The third-order valence-electron chi connectivity index (χ3n) is 5.27. The Morgan fingerprint density at radius 1 is 1.38 bits per heavy atom. The molecule has 7 nitrogen and oxygen atoms in total. The van der Waals surface area contributed by atoms with Gasteiger partial charge in [0.15, 0.2) is 0 Å². The molecule has 0 amide bonds. The Morgan fingerprint density at radius 3 is 2.76 bits per heavy atom. The zero-order valence-corrected chi connectivity index (χ0v) is 17.2. The van der Waals surface area contributed by atoms with Crippen LogP contribution in [-0.2, 0) is 9.53 Å². The summed E-state index contributed by atoms with van der Waals surface area (Å²) in [6.45, 7) is 5.11. The molecule has 29 heavy (non-hydrogen) atoms. The van der Waals surface area contributed by atoms with Crippen LogP contribution in [0.15, 0.2) is 24.3 Å². The molecule has 9 heteroatoms. The van der Waals surface area contributed by atoms with Gasteiger partial charge in [0.05, 0.1) is 23.4 Å². The molecular weight excluding hydrogens is 395 g/mol. The van der Waals surface area contributed by atoms with Crippen molar-refractivity contribution >= 4 is 22.3 Å². The van der Waals surface area contributed by atoms with Crippen LogP contribution in [0, 0.1) is 18.7 Å². The number of aromatic hydroxyl groups is 1. The first-order valence-corrected chi connectivity index (χ1v) is 10.5. The molecule has 0 aliphatic carbocycles. The van der Waals surface area contributed by atoms with Gasteiger partial charge in [0, 0.05) is 5.56 Å². The van der Waals surface area contributed by atoms with E-state index in [9.17, 15) is 14.3 Å². The second-order valence-electron chi connectivity index (χ2n) is 7.13. The van der Waals surface area contributed by atoms with Gasteiger partial charge in [-0.3, -0.25) is 9.69 Å². The number of rotatable bonds is 5. The number of piperidine rings is 1. The van der Waals surface area contributed by atoms with Crippen LogP contribution >= 0.6 is 11.3 Å². The Hall–Kier alpha value is -2.52. The number of esters is 1. The number of carbonyl (C=O) groups excluding carboxylic acids is 1. The summed E-state index contributed by atoms with van der Waals surface area (Å²) in [4.78, 5) is 19.7. The summed E-state index contributed by atoms with van der Waals surface area (Å²) in [5.74, 6) is -0.112. The van der Waals surface area contributed by atoms with Crippen LogP contribution in [0.25, 0.3) is 4.96 Å². The van der Waals surface area contributed by atoms with Gasteiger partial charge in [0.2, 0.25) is 10.8 Å². The normalized spacial score (nSPS) is 16.9. The van der Waals surface area contributed by atoms with Crippen molar-refractivity contribution in [2.75, 3.05) is 19.7 Å². The molecule has 1 saturated heterocycles. The second kappa shape index (κ2) is 8.08. The van der Waals surface area contributed by atoms with E-state index in [2.05, 4.69) is 15.0 Å². The fourth-order valence-electron chi connectivity index (χ4n) is 3.88. The Morgan fingerprint density at radius 2 is 2.10 bits per heavy atom. The highest BCUT2D eigenvalue weighted by Gasteiger charge is 2.35. The number of ether oxygens (including phenoxy) is 1. The second-order valence-corrected chi connectivity index (χ2v) is 8.14. The molecule has 1 aliphatic heterocycles. The van der Waals surface area contributed by atoms with E-state index in [0.717, 1.165) is 0 Å². The zero-order chi connectivity index (χ0) is 20.5. The lowest BCUT2D eigenvalue weighted by atomic mass is 9.93. The number of fused-ring (bicyclic) bond motifs is 1.